The van der Waals surface area contributed by atoms with Crippen LogP contribution in [0.1, 0.15) is 31.1 Å². The Balaban J connectivity index is 1.51. The van der Waals surface area contributed by atoms with Gasteiger partial charge < -0.3 is 9.73 Å². The van der Waals surface area contributed by atoms with Gasteiger partial charge in [-0.1, -0.05) is 0 Å². The zero-order valence-corrected chi connectivity index (χ0v) is 12.5. The monoisotopic (exact) mass is 303 g/mol. The van der Waals surface area contributed by atoms with E-state index in [0.29, 0.717) is 19.5 Å². The standard InChI is InChI=1S/C15H21N5O2/c21-15(5-8-20-12-16-11-18-20)17-10-13(14-4-3-9-22-14)19-6-1-2-7-19/h3-4,9,11-13H,1-2,5-8,10H2,(H,17,21). The third-order valence-corrected chi connectivity index (χ3v) is 3.98. The van der Waals surface area contributed by atoms with E-state index < -0.39 is 0 Å². The predicted molar refractivity (Wildman–Crippen MR) is 79.9 cm³/mol. The lowest BCUT2D eigenvalue weighted by Gasteiger charge is -2.26. The van der Waals surface area contributed by atoms with Crippen molar-refractivity contribution in [3.8, 4) is 0 Å². The molecule has 3 rings (SSSR count). The molecule has 1 aliphatic rings. The molecule has 1 fully saturated rings. The SMILES string of the molecule is O=C(CCn1cncn1)NCC(c1ccco1)N1CCCC1. The Morgan fingerprint density at radius 2 is 2.27 bits per heavy atom. The van der Waals surface area contributed by atoms with Crippen molar-refractivity contribution < 1.29 is 9.21 Å². The van der Waals surface area contributed by atoms with Crippen LogP contribution in [0.15, 0.2) is 35.5 Å². The van der Waals surface area contributed by atoms with Gasteiger partial charge in [-0.15, -0.1) is 0 Å². The van der Waals surface area contributed by atoms with E-state index in [1.165, 1.54) is 19.2 Å². The first-order valence-electron chi connectivity index (χ1n) is 7.69. The molecule has 0 radical (unpaired) electrons. The molecule has 0 aliphatic carbocycles. The summed E-state index contributed by atoms with van der Waals surface area (Å²) in [7, 11) is 0. The fourth-order valence-corrected chi connectivity index (χ4v) is 2.81. The highest BCUT2D eigenvalue weighted by molar-refractivity contribution is 5.75. The van der Waals surface area contributed by atoms with Crippen molar-refractivity contribution in [1.29, 1.82) is 0 Å². The quantitative estimate of drug-likeness (QED) is 0.832. The van der Waals surface area contributed by atoms with Gasteiger partial charge in [-0.05, 0) is 38.1 Å². The molecule has 22 heavy (non-hydrogen) atoms. The minimum atomic E-state index is 0.0197. The third-order valence-electron chi connectivity index (χ3n) is 3.98. The van der Waals surface area contributed by atoms with Gasteiger partial charge in [0.2, 0.25) is 5.91 Å². The Morgan fingerprint density at radius 3 is 2.95 bits per heavy atom. The lowest BCUT2D eigenvalue weighted by atomic mass is 10.2. The number of aryl methyl sites for hydroxylation is 1. The zero-order chi connectivity index (χ0) is 15.2. The van der Waals surface area contributed by atoms with Crippen LogP contribution in [0.25, 0.3) is 0 Å². The van der Waals surface area contributed by atoms with Gasteiger partial charge in [0.1, 0.15) is 18.4 Å². The summed E-state index contributed by atoms with van der Waals surface area (Å²) in [6.45, 7) is 3.23. The maximum absolute atomic E-state index is 12.0. The van der Waals surface area contributed by atoms with Gasteiger partial charge in [0, 0.05) is 13.0 Å². The van der Waals surface area contributed by atoms with E-state index in [2.05, 4.69) is 20.3 Å². The predicted octanol–water partition coefficient (Wildman–Crippen LogP) is 1.21. The van der Waals surface area contributed by atoms with Crippen LogP contribution in [0.4, 0.5) is 0 Å². The molecule has 1 atom stereocenters. The molecule has 0 bridgehead atoms. The zero-order valence-electron chi connectivity index (χ0n) is 12.5. The molecule has 7 nitrogen and oxygen atoms in total. The fourth-order valence-electron chi connectivity index (χ4n) is 2.81. The Bertz CT molecular complexity index is 561. The molecule has 1 aliphatic heterocycles. The molecule has 1 N–H and O–H groups in total. The molecule has 1 amide bonds. The van der Waals surface area contributed by atoms with Crippen molar-refractivity contribution in [1.82, 2.24) is 25.0 Å². The van der Waals surface area contributed by atoms with Gasteiger partial charge in [-0.25, -0.2) is 4.98 Å². The van der Waals surface area contributed by atoms with Crippen LogP contribution in [-0.2, 0) is 11.3 Å². The van der Waals surface area contributed by atoms with Crippen LogP contribution in [-0.4, -0.2) is 45.2 Å². The average Bonchev–Trinajstić information content (AvgIpc) is 3.27. The molecule has 2 aromatic heterocycles. The van der Waals surface area contributed by atoms with Gasteiger partial charge in [0.05, 0.1) is 18.8 Å². The second-order valence-electron chi connectivity index (χ2n) is 5.49. The molecular weight excluding hydrogens is 282 g/mol. The first-order valence-corrected chi connectivity index (χ1v) is 7.69. The lowest BCUT2D eigenvalue weighted by molar-refractivity contribution is -0.121. The van der Waals surface area contributed by atoms with Crippen LogP contribution in [0, 0.1) is 0 Å². The second-order valence-corrected chi connectivity index (χ2v) is 5.49. The Morgan fingerprint density at radius 1 is 1.41 bits per heavy atom. The van der Waals surface area contributed by atoms with Gasteiger partial charge in [0.25, 0.3) is 0 Å². The van der Waals surface area contributed by atoms with E-state index in [-0.39, 0.29) is 11.9 Å². The Hall–Kier alpha value is -2.15. The minimum Gasteiger partial charge on any atom is -0.468 e. The highest BCUT2D eigenvalue weighted by atomic mass is 16.3. The number of amides is 1. The van der Waals surface area contributed by atoms with Gasteiger partial charge in [-0.2, -0.15) is 5.10 Å². The summed E-state index contributed by atoms with van der Waals surface area (Å²) in [5.41, 5.74) is 0. The number of furan rings is 1. The fraction of sp³-hybridized carbons (Fsp3) is 0.533. The van der Waals surface area contributed by atoms with Crippen molar-refractivity contribution in [3.63, 3.8) is 0 Å². The molecular formula is C15H21N5O2. The molecule has 0 aromatic carbocycles. The topological polar surface area (TPSA) is 76.2 Å². The van der Waals surface area contributed by atoms with E-state index in [4.69, 9.17) is 4.42 Å². The molecule has 0 spiro atoms. The number of hydrogen-bond donors (Lipinski definition) is 1. The van der Waals surface area contributed by atoms with E-state index >= 15 is 0 Å². The first-order chi connectivity index (χ1) is 10.8. The van der Waals surface area contributed by atoms with Gasteiger partial charge in [-0.3, -0.25) is 14.4 Å². The second kappa shape index (κ2) is 7.22. The minimum absolute atomic E-state index is 0.0197. The van der Waals surface area contributed by atoms with Crippen LogP contribution in [0.3, 0.4) is 0 Å². The number of hydrogen-bond acceptors (Lipinski definition) is 5. The summed E-state index contributed by atoms with van der Waals surface area (Å²) in [6, 6.07) is 3.99. The summed E-state index contributed by atoms with van der Waals surface area (Å²) < 4.78 is 7.20. The molecule has 7 heteroatoms. The number of rotatable bonds is 7. The summed E-state index contributed by atoms with van der Waals surface area (Å²) in [5.74, 6) is 0.935. The third kappa shape index (κ3) is 3.73. The summed E-state index contributed by atoms with van der Waals surface area (Å²) in [6.07, 6.45) is 7.58. The number of carbonyl (C=O) groups excluding carboxylic acids is 1. The van der Waals surface area contributed by atoms with Gasteiger partial charge in [0.15, 0.2) is 0 Å². The summed E-state index contributed by atoms with van der Waals surface area (Å²) in [4.78, 5) is 18.2. The maximum atomic E-state index is 12.0. The summed E-state index contributed by atoms with van der Waals surface area (Å²) in [5, 5.41) is 7.00. The molecule has 2 aromatic rings. The molecule has 1 saturated heterocycles. The maximum Gasteiger partial charge on any atom is 0.221 e. The van der Waals surface area contributed by atoms with E-state index in [1.54, 1.807) is 17.3 Å². The number of aromatic nitrogens is 3. The van der Waals surface area contributed by atoms with Crippen molar-refractivity contribution in [2.45, 2.75) is 31.8 Å². The molecule has 118 valence electrons. The van der Waals surface area contributed by atoms with Gasteiger partial charge >= 0.3 is 0 Å². The molecule has 3 heterocycles. The highest BCUT2D eigenvalue weighted by Crippen LogP contribution is 2.24. The number of nitrogens with zero attached hydrogens (tertiary/aromatic N) is 4. The van der Waals surface area contributed by atoms with Crippen molar-refractivity contribution in [3.05, 3.63) is 36.8 Å². The van der Waals surface area contributed by atoms with Crippen molar-refractivity contribution in [2.24, 2.45) is 0 Å². The smallest absolute Gasteiger partial charge is 0.221 e. The lowest BCUT2D eigenvalue weighted by Crippen LogP contribution is -2.36. The normalized spacial score (nSPS) is 16.7. The van der Waals surface area contributed by atoms with E-state index in [0.717, 1.165) is 18.8 Å². The molecule has 1 unspecified atom stereocenters. The highest BCUT2D eigenvalue weighted by Gasteiger charge is 2.25. The van der Waals surface area contributed by atoms with Crippen LogP contribution < -0.4 is 5.32 Å². The number of carbonyl (C=O) groups is 1. The van der Waals surface area contributed by atoms with Crippen LogP contribution >= 0.6 is 0 Å². The van der Waals surface area contributed by atoms with Crippen molar-refractivity contribution >= 4 is 5.91 Å². The first kappa shape index (κ1) is 14.8. The van der Waals surface area contributed by atoms with Crippen LogP contribution in [0.2, 0.25) is 0 Å². The number of likely N-dealkylation sites (tertiary alicyclic amines) is 1. The molecule has 0 saturated carbocycles. The largest absolute Gasteiger partial charge is 0.468 e. The van der Waals surface area contributed by atoms with E-state index in [1.807, 2.05) is 12.1 Å². The average molecular weight is 303 g/mol. The number of nitrogens with one attached hydrogen (secondary N) is 1. The summed E-state index contributed by atoms with van der Waals surface area (Å²) >= 11 is 0. The van der Waals surface area contributed by atoms with E-state index in [9.17, 15) is 4.79 Å². The van der Waals surface area contributed by atoms with Crippen molar-refractivity contribution in [2.75, 3.05) is 19.6 Å². The Kier molecular flexibility index (Phi) is 4.85. The van der Waals surface area contributed by atoms with Crippen LogP contribution in [0.5, 0.6) is 0 Å². The Labute approximate surface area is 129 Å².